The van der Waals surface area contributed by atoms with Crippen molar-refractivity contribution in [2.45, 2.75) is 45.3 Å². The lowest BCUT2D eigenvalue weighted by atomic mass is 9.90. The van der Waals surface area contributed by atoms with E-state index in [1.807, 2.05) is 19.3 Å². The summed E-state index contributed by atoms with van der Waals surface area (Å²) in [6.07, 6.45) is 4.21. The first-order chi connectivity index (χ1) is 16.2. The molecule has 34 heavy (non-hydrogen) atoms. The van der Waals surface area contributed by atoms with Gasteiger partial charge in [-0.25, -0.2) is 14.4 Å². The van der Waals surface area contributed by atoms with Crippen LogP contribution in [0.4, 0.5) is 16.0 Å². The number of fused-ring (bicyclic) bond motifs is 3. The molecule has 0 amide bonds. The fourth-order valence-corrected chi connectivity index (χ4v) is 4.66. The van der Waals surface area contributed by atoms with Crippen molar-refractivity contribution in [1.29, 1.82) is 0 Å². The maximum Gasteiger partial charge on any atom is 0.223 e. The van der Waals surface area contributed by atoms with Gasteiger partial charge in [0.25, 0.3) is 0 Å². The fourth-order valence-electron chi connectivity index (χ4n) is 4.66. The lowest BCUT2D eigenvalue weighted by molar-refractivity contribution is 0.132. The quantitative estimate of drug-likeness (QED) is 0.459. The summed E-state index contributed by atoms with van der Waals surface area (Å²) in [5.74, 6) is 0.901. The van der Waals surface area contributed by atoms with Crippen LogP contribution in [0.25, 0.3) is 16.6 Å². The normalized spacial score (nSPS) is 20.7. The summed E-state index contributed by atoms with van der Waals surface area (Å²) < 4.78 is 22.8. The van der Waals surface area contributed by atoms with E-state index in [-0.39, 0.29) is 23.7 Å². The van der Waals surface area contributed by atoms with E-state index in [0.717, 1.165) is 18.7 Å². The van der Waals surface area contributed by atoms with Crippen LogP contribution in [0.5, 0.6) is 5.75 Å². The maximum atomic E-state index is 14.4. The number of aliphatic hydroxyl groups is 1. The van der Waals surface area contributed by atoms with Crippen LogP contribution in [0.15, 0.2) is 24.5 Å². The predicted octanol–water partition coefficient (Wildman–Crippen LogP) is 2.78. The Morgan fingerprint density at radius 2 is 2.03 bits per heavy atom. The number of aliphatic hydroxyl groups excluding tert-OH is 1. The van der Waals surface area contributed by atoms with Crippen LogP contribution < -0.4 is 15.4 Å². The standard InChI is InChI=1S/C23H29FN8O2/c1-12-5-15(10-30(9-12)16-8-26-31(11-16)13(2)14(3)33)21-28-22-17-6-18(24)20(34-4)7-19(17)27-23(25)32(22)29-21/h6-8,11-15,33H,5,9-10H2,1-4H3,(H2,25,27)/t12-,13+,14+,15+/m0/s1. The van der Waals surface area contributed by atoms with Gasteiger partial charge in [0.15, 0.2) is 23.0 Å². The molecular formula is C23H29FN8O2. The molecule has 1 aromatic carbocycles. The van der Waals surface area contributed by atoms with E-state index >= 15 is 0 Å². The summed E-state index contributed by atoms with van der Waals surface area (Å²) in [4.78, 5) is 11.4. The van der Waals surface area contributed by atoms with Crippen molar-refractivity contribution in [2.75, 3.05) is 30.8 Å². The Labute approximate surface area is 196 Å². The van der Waals surface area contributed by atoms with Gasteiger partial charge in [-0.3, -0.25) is 4.68 Å². The minimum Gasteiger partial charge on any atom is -0.494 e. The SMILES string of the molecule is COc1cc2nc(N)n3nc([C@@H]4C[C@H](C)CN(c5cnn([C@H](C)[C@@H](C)O)c5)C4)nc3c2cc1F. The molecule has 4 heterocycles. The molecular weight excluding hydrogens is 439 g/mol. The maximum absolute atomic E-state index is 14.4. The summed E-state index contributed by atoms with van der Waals surface area (Å²) >= 11 is 0. The molecule has 4 atom stereocenters. The molecule has 3 N–H and O–H groups in total. The second kappa shape index (κ2) is 8.39. The van der Waals surface area contributed by atoms with Crippen LogP contribution in [0.2, 0.25) is 0 Å². The van der Waals surface area contributed by atoms with Crippen LogP contribution in [0.1, 0.15) is 45.0 Å². The van der Waals surface area contributed by atoms with Gasteiger partial charge in [-0.2, -0.15) is 9.61 Å². The lowest BCUT2D eigenvalue weighted by Gasteiger charge is -2.36. The average Bonchev–Trinajstić information content (AvgIpc) is 3.47. The van der Waals surface area contributed by atoms with Crippen molar-refractivity contribution in [3.8, 4) is 5.75 Å². The summed E-state index contributed by atoms with van der Waals surface area (Å²) in [6, 6.07) is 2.77. The van der Waals surface area contributed by atoms with E-state index < -0.39 is 11.9 Å². The van der Waals surface area contributed by atoms with Crippen molar-refractivity contribution in [2.24, 2.45) is 5.92 Å². The second-order valence-corrected chi connectivity index (χ2v) is 9.28. The first kappa shape index (κ1) is 22.3. The molecule has 3 aromatic heterocycles. The van der Waals surface area contributed by atoms with Crippen molar-refractivity contribution in [3.63, 3.8) is 0 Å². The highest BCUT2D eigenvalue weighted by molar-refractivity contribution is 5.93. The monoisotopic (exact) mass is 468 g/mol. The number of anilines is 2. The van der Waals surface area contributed by atoms with Crippen LogP contribution in [-0.4, -0.2) is 60.8 Å². The van der Waals surface area contributed by atoms with Gasteiger partial charge >= 0.3 is 0 Å². The summed E-state index contributed by atoms with van der Waals surface area (Å²) in [7, 11) is 1.41. The van der Waals surface area contributed by atoms with Gasteiger partial charge in [0, 0.05) is 36.7 Å². The molecule has 180 valence electrons. The van der Waals surface area contributed by atoms with Crippen LogP contribution >= 0.6 is 0 Å². The fraction of sp³-hybridized carbons (Fsp3) is 0.478. The number of nitrogen functional groups attached to an aromatic ring is 1. The van der Waals surface area contributed by atoms with E-state index in [4.69, 9.17) is 15.5 Å². The smallest absolute Gasteiger partial charge is 0.223 e. The van der Waals surface area contributed by atoms with Crippen molar-refractivity contribution in [1.82, 2.24) is 29.4 Å². The topological polar surface area (TPSA) is 120 Å². The highest BCUT2D eigenvalue weighted by Gasteiger charge is 2.30. The number of benzene rings is 1. The Balaban J connectivity index is 1.50. The van der Waals surface area contributed by atoms with Gasteiger partial charge in [-0.15, -0.1) is 5.10 Å². The molecule has 1 aliphatic rings. The molecule has 0 bridgehead atoms. The number of ether oxygens (including phenoxy) is 1. The lowest BCUT2D eigenvalue weighted by Crippen LogP contribution is -2.39. The van der Waals surface area contributed by atoms with E-state index in [1.54, 1.807) is 11.6 Å². The molecule has 5 rings (SSSR count). The average molecular weight is 469 g/mol. The molecule has 0 spiro atoms. The molecule has 1 fully saturated rings. The van der Waals surface area contributed by atoms with Crippen molar-refractivity contribution < 1.29 is 14.2 Å². The molecule has 4 aromatic rings. The van der Waals surface area contributed by atoms with E-state index in [1.165, 1.54) is 23.8 Å². The third kappa shape index (κ3) is 3.79. The number of piperidine rings is 1. The van der Waals surface area contributed by atoms with Gasteiger partial charge in [0.05, 0.1) is 36.7 Å². The first-order valence-electron chi connectivity index (χ1n) is 11.4. The molecule has 1 saturated heterocycles. The number of hydrogen-bond donors (Lipinski definition) is 2. The summed E-state index contributed by atoms with van der Waals surface area (Å²) in [5.41, 5.74) is 8.14. The first-order valence-corrected chi connectivity index (χ1v) is 11.4. The number of nitrogens with zero attached hydrogens (tertiary/aromatic N) is 7. The highest BCUT2D eigenvalue weighted by Crippen LogP contribution is 2.33. The van der Waals surface area contributed by atoms with Crippen LogP contribution in [0, 0.1) is 11.7 Å². The molecule has 10 nitrogen and oxygen atoms in total. The largest absolute Gasteiger partial charge is 0.494 e. The Hall–Kier alpha value is -3.47. The third-order valence-electron chi connectivity index (χ3n) is 6.68. The number of methoxy groups -OCH3 is 1. The van der Waals surface area contributed by atoms with Crippen molar-refractivity contribution >= 4 is 28.2 Å². The molecule has 0 unspecified atom stereocenters. The molecule has 1 aliphatic heterocycles. The number of nitrogens with two attached hydrogens (primary N) is 1. The Morgan fingerprint density at radius 3 is 2.76 bits per heavy atom. The van der Waals surface area contributed by atoms with E-state index in [2.05, 4.69) is 27.0 Å². The Bertz CT molecular complexity index is 1350. The number of hydrogen-bond acceptors (Lipinski definition) is 8. The van der Waals surface area contributed by atoms with Crippen molar-refractivity contribution in [3.05, 3.63) is 36.2 Å². The second-order valence-electron chi connectivity index (χ2n) is 9.28. The predicted molar refractivity (Wildman–Crippen MR) is 127 cm³/mol. The van der Waals surface area contributed by atoms with E-state index in [9.17, 15) is 9.50 Å². The molecule has 0 saturated carbocycles. The van der Waals surface area contributed by atoms with E-state index in [0.29, 0.717) is 34.8 Å². The Morgan fingerprint density at radius 1 is 1.24 bits per heavy atom. The van der Waals surface area contributed by atoms with Crippen LogP contribution in [0.3, 0.4) is 0 Å². The molecule has 11 heteroatoms. The van der Waals surface area contributed by atoms with Gasteiger partial charge < -0.3 is 20.5 Å². The number of aromatic nitrogens is 6. The molecule has 0 radical (unpaired) electrons. The zero-order chi connectivity index (χ0) is 24.1. The zero-order valence-corrected chi connectivity index (χ0v) is 19.7. The van der Waals surface area contributed by atoms with Gasteiger partial charge in [0.1, 0.15) is 0 Å². The number of rotatable bonds is 5. The summed E-state index contributed by atoms with van der Waals surface area (Å²) in [6.45, 7) is 7.49. The van der Waals surface area contributed by atoms with Crippen LogP contribution in [-0.2, 0) is 0 Å². The molecule has 0 aliphatic carbocycles. The zero-order valence-electron chi connectivity index (χ0n) is 19.7. The Kier molecular flexibility index (Phi) is 5.51. The van der Waals surface area contributed by atoms with Gasteiger partial charge in [-0.05, 0) is 32.3 Å². The number of halogens is 1. The van der Waals surface area contributed by atoms with Gasteiger partial charge in [-0.1, -0.05) is 6.92 Å². The minimum atomic E-state index is -0.498. The third-order valence-corrected chi connectivity index (χ3v) is 6.68. The minimum absolute atomic E-state index is 0.0544. The summed E-state index contributed by atoms with van der Waals surface area (Å²) in [5, 5.41) is 19.5. The highest BCUT2D eigenvalue weighted by atomic mass is 19.1. The van der Waals surface area contributed by atoms with Gasteiger partial charge in [0.2, 0.25) is 5.95 Å².